The first kappa shape index (κ1) is 19.0. The van der Waals surface area contributed by atoms with Crippen LogP contribution in [0.25, 0.3) is 21.3 Å². The number of nitriles is 1. The number of carbonyl (C=O) groups is 1. The van der Waals surface area contributed by atoms with Gasteiger partial charge in [0.2, 0.25) is 0 Å². The highest BCUT2D eigenvalue weighted by molar-refractivity contribution is 7.19. The van der Waals surface area contributed by atoms with Crippen LogP contribution in [0.3, 0.4) is 0 Å². The first-order valence-electron chi connectivity index (χ1n) is 9.90. The molecule has 1 aromatic carbocycles. The Kier molecular flexibility index (Phi) is 4.87. The van der Waals surface area contributed by atoms with Gasteiger partial charge in [0.15, 0.2) is 6.10 Å². The van der Waals surface area contributed by atoms with Crippen LogP contribution in [-0.4, -0.2) is 53.2 Å². The summed E-state index contributed by atoms with van der Waals surface area (Å²) in [7, 11) is 0. The number of fused-ring (bicyclic) bond motifs is 2. The van der Waals surface area contributed by atoms with Crippen LogP contribution in [0, 0.1) is 11.3 Å². The van der Waals surface area contributed by atoms with Gasteiger partial charge in [0, 0.05) is 60.4 Å². The zero-order chi connectivity index (χ0) is 20.7. The summed E-state index contributed by atoms with van der Waals surface area (Å²) in [6, 6.07) is 9.62. The van der Waals surface area contributed by atoms with Gasteiger partial charge in [0.1, 0.15) is 5.75 Å². The minimum absolute atomic E-state index is 0.00396. The molecule has 0 radical (unpaired) electrons. The Morgan fingerprint density at radius 1 is 1.33 bits per heavy atom. The number of hydrogen-bond acceptors (Lipinski definition) is 7. The van der Waals surface area contributed by atoms with E-state index in [2.05, 4.69) is 16.4 Å². The summed E-state index contributed by atoms with van der Waals surface area (Å²) >= 11 is 1.47. The quantitative estimate of drug-likeness (QED) is 0.673. The average molecular weight is 420 g/mol. The van der Waals surface area contributed by atoms with Gasteiger partial charge in [0.05, 0.1) is 28.5 Å². The molecule has 8 heteroatoms. The second-order valence-electron chi connectivity index (χ2n) is 7.45. The molecule has 1 saturated heterocycles. The van der Waals surface area contributed by atoms with E-state index in [1.807, 2.05) is 29.2 Å². The van der Waals surface area contributed by atoms with Crippen LogP contribution in [0.15, 0.2) is 30.5 Å². The first-order chi connectivity index (χ1) is 14.7. The van der Waals surface area contributed by atoms with Crippen LogP contribution < -0.4 is 10.1 Å². The third-order valence-electron chi connectivity index (χ3n) is 5.57. The van der Waals surface area contributed by atoms with Gasteiger partial charge in [-0.3, -0.25) is 9.78 Å². The van der Waals surface area contributed by atoms with Gasteiger partial charge in [-0.05, 0) is 24.3 Å². The van der Waals surface area contributed by atoms with Crippen molar-refractivity contribution in [2.24, 2.45) is 0 Å². The molecule has 30 heavy (non-hydrogen) atoms. The molecule has 0 spiro atoms. The van der Waals surface area contributed by atoms with E-state index in [4.69, 9.17) is 4.74 Å². The molecular weight excluding hydrogens is 400 g/mol. The SMILES string of the molecule is N#Cc1cc2c(c(-c3ccnc4cc(CO)sc34)c1)O[C@@H](C(=O)N1CCNCC1)C2. The number of thiophene rings is 1. The molecule has 0 aliphatic carbocycles. The zero-order valence-electron chi connectivity index (χ0n) is 16.2. The maximum Gasteiger partial charge on any atom is 0.264 e. The van der Waals surface area contributed by atoms with Crippen molar-refractivity contribution in [2.45, 2.75) is 19.1 Å². The van der Waals surface area contributed by atoms with Gasteiger partial charge >= 0.3 is 0 Å². The summed E-state index contributed by atoms with van der Waals surface area (Å²) in [4.78, 5) is 20.1. The summed E-state index contributed by atoms with van der Waals surface area (Å²) in [5, 5.41) is 22.3. The van der Waals surface area contributed by atoms with Gasteiger partial charge in [0.25, 0.3) is 5.91 Å². The van der Waals surface area contributed by atoms with Gasteiger partial charge in [-0.25, -0.2) is 0 Å². The number of rotatable bonds is 3. The number of aromatic nitrogens is 1. The van der Waals surface area contributed by atoms with Gasteiger partial charge in [-0.15, -0.1) is 11.3 Å². The number of nitrogens with one attached hydrogen (secondary N) is 1. The molecule has 0 unspecified atom stereocenters. The third-order valence-corrected chi connectivity index (χ3v) is 6.72. The predicted octanol–water partition coefficient (Wildman–Crippen LogP) is 2.06. The van der Waals surface area contributed by atoms with Gasteiger partial charge in [-0.2, -0.15) is 5.26 Å². The van der Waals surface area contributed by atoms with E-state index in [9.17, 15) is 15.2 Å². The topological polar surface area (TPSA) is 98.5 Å². The molecule has 5 rings (SSSR count). The van der Waals surface area contributed by atoms with E-state index in [1.54, 1.807) is 6.20 Å². The molecule has 1 atom stereocenters. The summed E-state index contributed by atoms with van der Waals surface area (Å²) in [6.07, 6.45) is 1.61. The van der Waals surface area contributed by atoms with Crippen LogP contribution in [-0.2, 0) is 17.8 Å². The molecule has 1 fully saturated rings. The molecule has 7 nitrogen and oxygen atoms in total. The number of ether oxygens (including phenoxy) is 1. The van der Waals surface area contributed by atoms with E-state index in [1.165, 1.54) is 11.3 Å². The fourth-order valence-corrected chi connectivity index (χ4v) is 5.13. The minimum atomic E-state index is -0.570. The average Bonchev–Trinajstić information content (AvgIpc) is 3.42. The van der Waals surface area contributed by atoms with Crippen molar-refractivity contribution in [1.82, 2.24) is 15.2 Å². The number of aliphatic hydroxyl groups excluding tert-OH is 1. The normalized spacial score (nSPS) is 18.1. The van der Waals surface area contributed by atoms with Gasteiger partial charge in [-0.1, -0.05) is 0 Å². The first-order valence-corrected chi connectivity index (χ1v) is 10.7. The predicted molar refractivity (Wildman–Crippen MR) is 113 cm³/mol. The smallest absolute Gasteiger partial charge is 0.264 e. The van der Waals surface area contributed by atoms with E-state index in [0.29, 0.717) is 30.8 Å². The van der Waals surface area contributed by atoms with Crippen molar-refractivity contribution in [3.05, 3.63) is 46.5 Å². The molecular formula is C22H20N4O3S. The maximum absolute atomic E-state index is 13.0. The van der Waals surface area contributed by atoms with Crippen molar-refractivity contribution in [3.63, 3.8) is 0 Å². The Balaban J connectivity index is 1.57. The summed E-state index contributed by atoms with van der Waals surface area (Å²) < 4.78 is 7.13. The summed E-state index contributed by atoms with van der Waals surface area (Å²) in [5.74, 6) is 0.657. The Labute approximate surface area is 177 Å². The number of carbonyl (C=O) groups excluding carboxylic acids is 1. The van der Waals surface area contributed by atoms with Crippen molar-refractivity contribution >= 4 is 27.5 Å². The molecule has 2 aliphatic heterocycles. The van der Waals surface area contributed by atoms with Crippen molar-refractivity contribution in [1.29, 1.82) is 5.26 Å². The number of nitrogens with zero attached hydrogens (tertiary/aromatic N) is 3. The Morgan fingerprint density at radius 2 is 2.17 bits per heavy atom. The van der Waals surface area contributed by atoms with Crippen LogP contribution in [0.1, 0.15) is 16.0 Å². The molecule has 1 amide bonds. The van der Waals surface area contributed by atoms with Crippen LogP contribution in [0.2, 0.25) is 0 Å². The highest BCUT2D eigenvalue weighted by Gasteiger charge is 2.35. The Hall–Kier alpha value is -2.99. The maximum atomic E-state index is 13.0. The highest BCUT2D eigenvalue weighted by atomic mass is 32.1. The lowest BCUT2D eigenvalue weighted by Crippen LogP contribution is -2.50. The Bertz CT molecular complexity index is 1180. The lowest BCUT2D eigenvalue weighted by atomic mass is 9.98. The van der Waals surface area contributed by atoms with Crippen LogP contribution in [0.5, 0.6) is 5.75 Å². The zero-order valence-corrected chi connectivity index (χ0v) is 17.0. The third kappa shape index (κ3) is 3.21. The monoisotopic (exact) mass is 420 g/mol. The molecule has 0 bridgehead atoms. The number of aliphatic hydroxyl groups is 1. The fourth-order valence-electron chi connectivity index (χ4n) is 4.13. The van der Waals surface area contributed by atoms with E-state index in [-0.39, 0.29) is 12.5 Å². The summed E-state index contributed by atoms with van der Waals surface area (Å²) in [5.41, 5.74) is 3.89. The van der Waals surface area contributed by atoms with Crippen molar-refractivity contribution in [3.8, 4) is 22.9 Å². The molecule has 4 heterocycles. The number of hydrogen-bond donors (Lipinski definition) is 2. The second-order valence-corrected chi connectivity index (χ2v) is 8.59. The van der Waals surface area contributed by atoms with E-state index < -0.39 is 6.10 Å². The lowest BCUT2D eigenvalue weighted by Gasteiger charge is -2.29. The standard InChI is InChI=1S/C22H20N4O3S/c23-11-13-7-14-9-19(22(28)26-5-3-24-4-6-26)29-20(14)17(8-13)16-1-2-25-18-10-15(12-27)30-21(16)18/h1-2,7-8,10,19,24,27H,3-6,9,12H2/t19-/m1/s1. The van der Waals surface area contributed by atoms with Gasteiger partial charge < -0.3 is 20.1 Å². The number of pyridine rings is 1. The van der Waals surface area contributed by atoms with Crippen molar-refractivity contribution < 1.29 is 14.6 Å². The molecule has 2 aliphatic rings. The molecule has 2 N–H and O–H groups in total. The second kappa shape index (κ2) is 7.69. The fraction of sp³-hybridized carbons (Fsp3) is 0.318. The molecule has 2 aromatic heterocycles. The lowest BCUT2D eigenvalue weighted by molar-refractivity contribution is -0.138. The minimum Gasteiger partial charge on any atom is -0.479 e. The van der Waals surface area contributed by atoms with Crippen LogP contribution >= 0.6 is 11.3 Å². The van der Waals surface area contributed by atoms with Crippen molar-refractivity contribution in [2.75, 3.05) is 26.2 Å². The Morgan fingerprint density at radius 3 is 2.93 bits per heavy atom. The van der Waals surface area contributed by atoms with E-state index >= 15 is 0 Å². The number of benzene rings is 1. The number of amides is 1. The molecule has 3 aromatic rings. The summed E-state index contributed by atoms with van der Waals surface area (Å²) in [6.45, 7) is 2.88. The molecule has 0 saturated carbocycles. The molecule has 152 valence electrons. The number of piperazine rings is 1. The highest BCUT2D eigenvalue weighted by Crippen LogP contribution is 2.43. The van der Waals surface area contributed by atoms with E-state index in [0.717, 1.165) is 44.9 Å². The van der Waals surface area contributed by atoms with Crippen LogP contribution in [0.4, 0.5) is 0 Å². The largest absolute Gasteiger partial charge is 0.479 e.